The Morgan fingerprint density at radius 2 is 2.16 bits per heavy atom. The van der Waals surface area contributed by atoms with E-state index in [2.05, 4.69) is 9.88 Å². The van der Waals surface area contributed by atoms with Crippen LogP contribution < -0.4 is 4.74 Å². The Morgan fingerprint density at radius 3 is 2.74 bits per heavy atom. The molecule has 1 aromatic carbocycles. The van der Waals surface area contributed by atoms with Crippen LogP contribution in [-0.4, -0.2) is 42.2 Å². The lowest BCUT2D eigenvalue weighted by Crippen LogP contribution is -2.19. The molecule has 0 aliphatic heterocycles. The van der Waals surface area contributed by atoms with E-state index in [1.165, 1.54) is 13.2 Å². The lowest BCUT2D eigenvalue weighted by molar-refractivity contribution is 0.382. The molecule has 0 spiro atoms. The van der Waals surface area contributed by atoms with Gasteiger partial charge >= 0.3 is 0 Å². The van der Waals surface area contributed by atoms with E-state index in [0.717, 1.165) is 24.4 Å². The Balaban J connectivity index is 2.51. The summed E-state index contributed by atoms with van der Waals surface area (Å²) in [6.07, 6.45) is 0. The Hall–Kier alpha value is -1.33. The number of hydrogen-bond donors (Lipinski definition) is 0. The summed E-state index contributed by atoms with van der Waals surface area (Å²) in [4.78, 5) is 6.44. The van der Waals surface area contributed by atoms with Gasteiger partial charge in [0.15, 0.2) is 11.6 Å². The number of fused-ring (bicyclic) bond motifs is 1. The zero-order chi connectivity index (χ0) is 14.0. The second-order valence-corrected chi connectivity index (χ2v) is 4.86. The minimum Gasteiger partial charge on any atom is -0.494 e. The lowest BCUT2D eigenvalue weighted by Gasteiger charge is -2.13. The number of likely N-dealkylation sites (N-methyl/N-ethyl adjacent to an activating group) is 1. The third-order valence-corrected chi connectivity index (χ3v) is 3.23. The number of halogens is 2. The molecule has 0 atom stereocenters. The van der Waals surface area contributed by atoms with Gasteiger partial charge in [-0.3, -0.25) is 0 Å². The van der Waals surface area contributed by atoms with Crippen LogP contribution in [0, 0.1) is 5.82 Å². The van der Waals surface area contributed by atoms with E-state index in [0.29, 0.717) is 11.4 Å². The zero-order valence-corrected chi connectivity index (χ0v) is 12.0. The van der Waals surface area contributed by atoms with Gasteiger partial charge < -0.3 is 14.2 Å². The molecule has 0 unspecified atom stereocenters. The maximum Gasteiger partial charge on any atom is 0.167 e. The van der Waals surface area contributed by atoms with E-state index in [-0.39, 0.29) is 5.75 Å². The SMILES string of the molecule is COc1cc2c(cc1F)nc(CCl)n2CCN(C)C. The number of methoxy groups -OCH3 is 1. The summed E-state index contributed by atoms with van der Waals surface area (Å²) >= 11 is 5.91. The number of benzene rings is 1. The van der Waals surface area contributed by atoms with Crippen molar-refractivity contribution in [3.63, 3.8) is 0 Å². The molecule has 0 saturated carbocycles. The van der Waals surface area contributed by atoms with Crippen LogP contribution in [0.25, 0.3) is 11.0 Å². The summed E-state index contributed by atoms with van der Waals surface area (Å²) in [5.41, 5.74) is 1.45. The molecule has 0 bridgehead atoms. The van der Waals surface area contributed by atoms with Gasteiger partial charge in [0.25, 0.3) is 0 Å². The average Bonchev–Trinajstić information content (AvgIpc) is 2.71. The molecule has 6 heteroatoms. The van der Waals surface area contributed by atoms with Gasteiger partial charge in [-0.05, 0) is 14.1 Å². The summed E-state index contributed by atoms with van der Waals surface area (Å²) in [5.74, 6) is 0.852. The summed E-state index contributed by atoms with van der Waals surface area (Å²) < 4.78 is 20.7. The highest BCUT2D eigenvalue weighted by Gasteiger charge is 2.14. The van der Waals surface area contributed by atoms with Crippen molar-refractivity contribution in [3.8, 4) is 5.75 Å². The van der Waals surface area contributed by atoms with Crippen molar-refractivity contribution in [2.45, 2.75) is 12.4 Å². The number of imidazole rings is 1. The first-order valence-electron chi connectivity index (χ1n) is 6.00. The molecule has 1 aromatic heterocycles. The molecule has 1 heterocycles. The maximum atomic E-state index is 13.7. The number of rotatable bonds is 5. The Bertz CT molecular complexity index is 583. The van der Waals surface area contributed by atoms with Gasteiger partial charge in [0.1, 0.15) is 5.82 Å². The molecule has 0 aliphatic carbocycles. The van der Waals surface area contributed by atoms with Crippen LogP contribution in [0.15, 0.2) is 12.1 Å². The van der Waals surface area contributed by atoms with E-state index in [4.69, 9.17) is 16.3 Å². The molecule has 104 valence electrons. The van der Waals surface area contributed by atoms with Gasteiger partial charge in [-0.15, -0.1) is 11.6 Å². The summed E-state index contributed by atoms with van der Waals surface area (Å²) in [5, 5.41) is 0. The molecule has 0 N–H and O–H groups in total. The van der Waals surface area contributed by atoms with Crippen molar-refractivity contribution in [1.29, 1.82) is 0 Å². The molecular formula is C13H17ClFN3O. The molecular weight excluding hydrogens is 269 g/mol. The molecule has 0 fully saturated rings. The number of alkyl halides is 1. The van der Waals surface area contributed by atoms with Crippen LogP contribution in [0.5, 0.6) is 5.75 Å². The minimum atomic E-state index is -0.409. The van der Waals surface area contributed by atoms with Gasteiger partial charge in [0.2, 0.25) is 0 Å². The first-order valence-corrected chi connectivity index (χ1v) is 6.53. The van der Waals surface area contributed by atoms with E-state index in [1.54, 1.807) is 6.07 Å². The number of hydrogen-bond acceptors (Lipinski definition) is 3. The standard InChI is InChI=1S/C13H17ClFN3O/c1-17(2)4-5-18-11-7-12(19-3)9(15)6-10(11)16-13(18)8-14/h6-7H,4-5,8H2,1-3H3. The predicted octanol–water partition coefficient (Wildman–Crippen LogP) is 2.48. The van der Waals surface area contributed by atoms with E-state index in [1.807, 2.05) is 18.7 Å². The van der Waals surface area contributed by atoms with Crippen molar-refractivity contribution in [3.05, 3.63) is 23.8 Å². The molecule has 2 rings (SSSR count). The van der Waals surface area contributed by atoms with Gasteiger partial charge in [-0.2, -0.15) is 0 Å². The third-order valence-electron chi connectivity index (χ3n) is 2.99. The highest BCUT2D eigenvalue weighted by molar-refractivity contribution is 6.16. The Morgan fingerprint density at radius 1 is 1.42 bits per heavy atom. The van der Waals surface area contributed by atoms with Crippen molar-refractivity contribution in [1.82, 2.24) is 14.5 Å². The second kappa shape index (κ2) is 5.75. The molecule has 0 amide bonds. The van der Waals surface area contributed by atoms with E-state index in [9.17, 15) is 4.39 Å². The highest BCUT2D eigenvalue weighted by Crippen LogP contribution is 2.26. The van der Waals surface area contributed by atoms with Crippen LogP contribution in [0.1, 0.15) is 5.82 Å². The average molecular weight is 286 g/mol. The van der Waals surface area contributed by atoms with Crippen LogP contribution in [0.3, 0.4) is 0 Å². The fourth-order valence-electron chi connectivity index (χ4n) is 1.98. The van der Waals surface area contributed by atoms with Crippen molar-refractivity contribution in [2.75, 3.05) is 27.7 Å². The maximum absolute atomic E-state index is 13.7. The largest absolute Gasteiger partial charge is 0.494 e. The summed E-state index contributed by atoms with van der Waals surface area (Å²) in [7, 11) is 5.45. The van der Waals surface area contributed by atoms with Gasteiger partial charge in [0, 0.05) is 25.2 Å². The Labute approximate surface area is 116 Å². The van der Waals surface area contributed by atoms with Crippen molar-refractivity contribution >= 4 is 22.6 Å². The van der Waals surface area contributed by atoms with E-state index >= 15 is 0 Å². The lowest BCUT2D eigenvalue weighted by atomic mass is 10.3. The van der Waals surface area contributed by atoms with Crippen LogP contribution >= 0.6 is 11.6 Å². The fraction of sp³-hybridized carbons (Fsp3) is 0.462. The molecule has 0 radical (unpaired) electrons. The number of ether oxygens (including phenoxy) is 1. The zero-order valence-electron chi connectivity index (χ0n) is 11.3. The number of nitrogens with zero attached hydrogens (tertiary/aromatic N) is 3. The monoisotopic (exact) mass is 285 g/mol. The van der Waals surface area contributed by atoms with Crippen molar-refractivity contribution < 1.29 is 9.13 Å². The van der Waals surface area contributed by atoms with Crippen molar-refractivity contribution in [2.24, 2.45) is 0 Å². The first-order chi connectivity index (χ1) is 9.06. The summed E-state index contributed by atoms with van der Waals surface area (Å²) in [6.45, 7) is 1.61. The predicted molar refractivity (Wildman–Crippen MR) is 74.4 cm³/mol. The Kier molecular flexibility index (Phi) is 4.27. The molecule has 0 aliphatic rings. The van der Waals surface area contributed by atoms with E-state index < -0.39 is 5.82 Å². The normalized spacial score (nSPS) is 11.5. The first kappa shape index (κ1) is 14.1. The topological polar surface area (TPSA) is 30.3 Å². The van der Waals surface area contributed by atoms with Crippen LogP contribution in [-0.2, 0) is 12.4 Å². The highest BCUT2D eigenvalue weighted by atomic mass is 35.5. The second-order valence-electron chi connectivity index (χ2n) is 4.59. The van der Waals surface area contributed by atoms with Crippen LogP contribution in [0.2, 0.25) is 0 Å². The quantitative estimate of drug-likeness (QED) is 0.791. The summed E-state index contributed by atoms with van der Waals surface area (Å²) in [6, 6.07) is 3.06. The molecule has 2 aromatic rings. The smallest absolute Gasteiger partial charge is 0.167 e. The van der Waals surface area contributed by atoms with Gasteiger partial charge in [-0.25, -0.2) is 9.37 Å². The number of aromatic nitrogens is 2. The molecule has 0 saturated heterocycles. The molecule has 4 nitrogen and oxygen atoms in total. The minimum absolute atomic E-state index is 0.222. The van der Waals surface area contributed by atoms with Gasteiger partial charge in [0.05, 0.1) is 24.0 Å². The van der Waals surface area contributed by atoms with Gasteiger partial charge in [-0.1, -0.05) is 0 Å². The fourth-order valence-corrected chi connectivity index (χ4v) is 2.19. The van der Waals surface area contributed by atoms with Crippen LogP contribution in [0.4, 0.5) is 4.39 Å². The third kappa shape index (κ3) is 2.82. The molecule has 19 heavy (non-hydrogen) atoms.